The van der Waals surface area contributed by atoms with Gasteiger partial charge in [-0.2, -0.15) is 0 Å². The van der Waals surface area contributed by atoms with Gasteiger partial charge in [-0.15, -0.1) is 0 Å². The molecule has 0 heterocycles. The Morgan fingerprint density at radius 3 is 2.10 bits per heavy atom. The van der Waals surface area contributed by atoms with E-state index < -0.39 is 29.6 Å². The summed E-state index contributed by atoms with van der Waals surface area (Å²) >= 11 is 0. The highest BCUT2D eigenvalue weighted by Crippen LogP contribution is 2.10. The van der Waals surface area contributed by atoms with Gasteiger partial charge in [-0.25, -0.2) is 10.3 Å². The summed E-state index contributed by atoms with van der Waals surface area (Å²) in [7, 11) is 0. The highest BCUT2D eigenvalue weighted by Gasteiger charge is 2.23. The van der Waals surface area contributed by atoms with Gasteiger partial charge in [-0.05, 0) is 44.0 Å². The van der Waals surface area contributed by atoms with E-state index in [2.05, 4.69) is 10.6 Å². The van der Waals surface area contributed by atoms with Crippen molar-refractivity contribution in [2.24, 2.45) is 0 Å². The third-order valence-electron chi connectivity index (χ3n) is 4.02. The first-order chi connectivity index (χ1) is 14.7. The van der Waals surface area contributed by atoms with Gasteiger partial charge in [0.25, 0.3) is 11.8 Å². The minimum Gasteiger partial charge on any atom is -0.444 e. The molecular formula is C23H27N3O5. The number of carbonyl (C=O) groups excluding carboxylic acids is 3. The zero-order chi connectivity index (χ0) is 22.9. The zero-order valence-electron chi connectivity index (χ0n) is 17.7. The predicted octanol–water partition coefficient (Wildman–Crippen LogP) is 2.99. The number of hydroxylamine groups is 1. The molecule has 0 fully saturated rings. The van der Waals surface area contributed by atoms with Gasteiger partial charge in [0, 0.05) is 5.56 Å². The van der Waals surface area contributed by atoms with Crippen molar-refractivity contribution in [3.05, 3.63) is 71.3 Å². The molecule has 164 valence electrons. The molecule has 31 heavy (non-hydrogen) atoms. The van der Waals surface area contributed by atoms with E-state index >= 15 is 0 Å². The first kappa shape index (κ1) is 23.6. The van der Waals surface area contributed by atoms with Gasteiger partial charge in [0.05, 0.1) is 6.54 Å². The van der Waals surface area contributed by atoms with Crippen LogP contribution in [0.15, 0.2) is 54.6 Å². The van der Waals surface area contributed by atoms with E-state index in [4.69, 9.17) is 9.94 Å². The normalized spacial score (nSPS) is 12.1. The van der Waals surface area contributed by atoms with Crippen molar-refractivity contribution in [1.82, 2.24) is 16.1 Å². The second-order valence-electron chi connectivity index (χ2n) is 7.75. The van der Waals surface area contributed by atoms with Gasteiger partial charge in [-0.1, -0.05) is 54.6 Å². The van der Waals surface area contributed by atoms with Crippen LogP contribution in [0.2, 0.25) is 0 Å². The lowest BCUT2D eigenvalue weighted by atomic mass is 10.1. The summed E-state index contributed by atoms with van der Waals surface area (Å²) in [6.07, 6.45) is 3.13. The highest BCUT2D eigenvalue weighted by atomic mass is 16.6. The first-order valence-electron chi connectivity index (χ1n) is 9.73. The SMILES string of the molecule is CC(C)(C)OC(=O)NC[C@H](NC(=O)c1ccc(/C=C/c2ccccc2)cc1)C(=O)NO. The number of hydrogen-bond acceptors (Lipinski definition) is 5. The molecule has 0 aliphatic rings. The summed E-state index contributed by atoms with van der Waals surface area (Å²) in [6.45, 7) is 4.84. The number of amides is 3. The van der Waals surface area contributed by atoms with Gasteiger partial charge in [0.1, 0.15) is 11.6 Å². The molecule has 0 radical (unpaired) electrons. The van der Waals surface area contributed by atoms with Crippen LogP contribution in [0.25, 0.3) is 12.2 Å². The largest absolute Gasteiger partial charge is 0.444 e. The lowest BCUT2D eigenvalue weighted by molar-refractivity contribution is -0.131. The molecule has 8 nitrogen and oxygen atoms in total. The molecule has 0 unspecified atom stereocenters. The van der Waals surface area contributed by atoms with Crippen LogP contribution in [-0.2, 0) is 9.53 Å². The van der Waals surface area contributed by atoms with Crippen molar-refractivity contribution < 1.29 is 24.3 Å². The summed E-state index contributed by atoms with van der Waals surface area (Å²) in [6, 6.07) is 15.4. The average Bonchev–Trinajstić information content (AvgIpc) is 2.74. The van der Waals surface area contributed by atoms with E-state index in [1.54, 1.807) is 45.0 Å². The lowest BCUT2D eigenvalue weighted by Crippen LogP contribution is -2.52. The van der Waals surface area contributed by atoms with Crippen molar-refractivity contribution in [3.8, 4) is 0 Å². The summed E-state index contributed by atoms with van der Waals surface area (Å²) in [5, 5.41) is 13.8. The van der Waals surface area contributed by atoms with Crippen LogP contribution in [0.4, 0.5) is 4.79 Å². The number of benzene rings is 2. The van der Waals surface area contributed by atoms with Crippen molar-refractivity contribution in [3.63, 3.8) is 0 Å². The van der Waals surface area contributed by atoms with E-state index in [1.165, 1.54) is 5.48 Å². The van der Waals surface area contributed by atoms with Crippen LogP contribution in [0.3, 0.4) is 0 Å². The monoisotopic (exact) mass is 425 g/mol. The molecular weight excluding hydrogens is 398 g/mol. The van der Waals surface area contributed by atoms with Crippen molar-refractivity contribution in [2.45, 2.75) is 32.4 Å². The molecule has 8 heteroatoms. The van der Waals surface area contributed by atoms with Gasteiger partial charge >= 0.3 is 6.09 Å². The molecule has 0 bridgehead atoms. The van der Waals surface area contributed by atoms with E-state index in [9.17, 15) is 14.4 Å². The Labute approximate surface area is 181 Å². The Balaban J connectivity index is 1.98. The maximum atomic E-state index is 12.5. The highest BCUT2D eigenvalue weighted by molar-refractivity contribution is 5.97. The maximum Gasteiger partial charge on any atom is 0.407 e. The van der Waals surface area contributed by atoms with Gasteiger partial charge in [0.15, 0.2) is 0 Å². The van der Waals surface area contributed by atoms with Crippen molar-refractivity contribution in [2.75, 3.05) is 6.54 Å². The molecule has 0 saturated heterocycles. The third-order valence-corrected chi connectivity index (χ3v) is 4.02. The third kappa shape index (κ3) is 8.31. The minimum absolute atomic E-state index is 0.259. The maximum absolute atomic E-state index is 12.5. The van der Waals surface area contributed by atoms with E-state index in [-0.39, 0.29) is 6.54 Å². The van der Waals surface area contributed by atoms with Crippen molar-refractivity contribution >= 4 is 30.1 Å². The van der Waals surface area contributed by atoms with Gasteiger partial charge < -0.3 is 15.4 Å². The van der Waals surface area contributed by atoms with Crippen LogP contribution in [0.1, 0.15) is 42.3 Å². The molecule has 0 aromatic heterocycles. The van der Waals surface area contributed by atoms with E-state index in [0.717, 1.165) is 11.1 Å². The number of ether oxygens (including phenoxy) is 1. The Bertz CT molecular complexity index is 918. The fraction of sp³-hybridized carbons (Fsp3) is 0.261. The fourth-order valence-corrected chi connectivity index (χ4v) is 2.53. The smallest absolute Gasteiger partial charge is 0.407 e. The second kappa shape index (κ2) is 10.9. The minimum atomic E-state index is -1.19. The van der Waals surface area contributed by atoms with Crippen LogP contribution >= 0.6 is 0 Å². The predicted molar refractivity (Wildman–Crippen MR) is 117 cm³/mol. The van der Waals surface area contributed by atoms with E-state index in [0.29, 0.717) is 5.56 Å². The molecule has 2 rings (SSSR count). The Hall–Kier alpha value is -3.65. The second-order valence-corrected chi connectivity index (χ2v) is 7.75. The summed E-state index contributed by atoms with van der Waals surface area (Å²) < 4.78 is 5.10. The van der Waals surface area contributed by atoms with E-state index in [1.807, 2.05) is 42.5 Å². The molecule has 0 spiro atoms. The number of alkyl carbamates (subject to hydrolysis) is 1. The quantitative estimate of drug-likeness (QED) is 0.309. The van der Waals surface area contributed by atoms with Gasteiger partial charge in [0.2, 0.25) is 0 Å². The molecule has 3 amide bonds. The molecule has 4 N–H and O–H groups in total. The van der Waals surface area contributed by atoms with Crippen molar-refractivity contribution in [1.29, 1.82) is 0 Å². The van der Waals surface area contributed by atoms with Crippen LogP contribution in [0.5, 0.6) is 0 Å². The topological polar surface area (TPSA) is 117 Å². The van der Waals surface area contributed by atoms with Crippen LogP contribution in [-0.4, -0.2) is 41.3 Å². The van der Waals surface area contributed by atoms with Gasteiger partial charge in [-0.3, -0.25) is 14.8 Å². The van der Waals surface area contributed by atoms with Crippen LogP contribution < -0.4 is 16.1 Å². The standard InChI is InChI=1S/C23H27N3O5/c1-23(2,3)31-22(29)24-15-19(21(28)26-30)25-20(27)18-13-11-17(12-14-18)10-9-16-7-5-4-6-8-16/h4-14,19,30H,15H2,1-3H3,(H,24,29)(H,25,27)(H,26,28)/b10-9+/t19-/m0/s1. The number of rotatable bonds is 7. The number of carbonyl (C=O) groups is 3. The fourth-order valence-electron chi connectivity index (χ4n) is 2.53. The molecule has 0 aliphatic carbocycles. The number of nitrogens with one attached hydrogen (secondary N) is 3. The number of hydrogen-bond donors (Lipinski definition) is 4. The Kier molecular flexibility index (Phi) is 8.33. The summed E-state index contributed by atoms with van der Waals surface area (Å²) in [5.41, 5.74) is 3.05. The summed E-state index contributed by atoms with van der Waals surface area (Å²) in [4.78, 5) is 36.2. The molecule has 0 aliphatic heterocycles. The molecule has 2 aromatic carbocycles. The Morgan fingerprint density at radius 2 is 1.55 bits per heavy atom. The average molecular weight is 425 g/mol. The summed E-state index contributed by atoms with van der Waals surface area (Å²) in [5.74, 6) is -1.40. The first-order valence-corrected chi connectivity index (χ1v) is 9.73. The van der Waals surface area contributed by atoms with Crippen LogP contribution in [0, 0.1) is 0 Å². The molecule has 0 saturated carbocycles. The lowest BCUT2D eigenvalue weighted by Gasteiger charge is -2.21. The zero-order valence-corrected chi connectivity index (χ0v) is 17.7. The molecule has 1 atom stereocenters. The molecule has 2 aromatic rings. The Morgan fingerprint density at radius 1 is 0.968 bits per heavy atom.